The molecule has 0 aromatic rings. The van der Waals surface area contributed by atoms with Crippen molar-refractivity contribution in [1.29, 1.82) is 0 Å². The number of carbonyl (C=O) groups is 1. The molecular formula is C13H22I2O2. The van der Waals surface area contributed by atoms with Gasteiger partial charge in [0.1, 0.15) is 0 Å². The summed E-state index contributed by atoms with van der Waals surface area (Å²) in [5.74, 6) is -0.0470. The third-order valence-corrected chi connectivity index (χ3v) is 5.26. The molecule has 0 aromatic heterocycles. The molecule has 0 fully saturated rings. The molecule has 2 nitrogen and oxygen atoms in total. The lowest BCUT2D eigenvalue weighted by atomic mass is 10.1. The number of ether oxygens (including phenoxy) is 1. The summed E-state index contributed by atoms with van der Waals surface area (Å²) < 4.78 is 8.48. The highest BCUT2D eigenvalue weighted by molar-refractivity contribution is 14.1. The van der Waals surface area contributed by atoms with Gasteiger partial charge in [-0.05, 0) is 56.4 Å². The van der Waals surface area contributed by atoms with Gasteiger partial charge in [-0.1, -0.05) is 48.3 Å². The second-order valence-electron chi connectivity index (χ2n) is 3.98. The van der Waals surface area contributed by atoms with E-state index in [0.717, 1.165) is 12.8 Å². The average Bonchev–Trinajstić information content (AvgIpc) is 2.32. The first-order valence-electron chi connectivity index (χ1n) is 6.31. The minimum absolute atomic E-state index is 0.0470. The van der Waals surface area contributed by atoms with Gasteiger partial charge in [-0.3, -0.25) is 4.79 Å². The molecule has 0 saturated heterocycles. The van der Waals surface area contributed by atoms with Crippen LogP contribution in [0.4, 0.5) is 0 Å². The maximum atomic E-state index is 11.1. The lowest BCUT2D eigenvalue weighted by Gasteiger charge is -2.02. The fourth-order valence-corrected chi connectivity index (χ4v) is 2.25. The number of halogens is 2. The number of rotatable bonds is 10. The second-order valence-corrected chi connectivity index (χ2v) is 5.99. The highest BCUT2D eigenvalue weighted by atomic mass is 127. The minimum Gasteiger partial charge on any atom is -0.466 e. The molecule has 0 unspecified atom stereocenters. The van der Waals surface area contributed by atoms with Gasteiger partial charge in [-0.15, -0.1) is 0 Å². The fourth-order valence-electron chi connectivity index (χ4n) is 1.56. The summed E-state index contributed by atoms with van der Waals surface area (Å²) in [4.78, 5) is 11.1. The lowest BCUT2D eigenvalue weighted by molar-refractivity contribution is -0.143. The van der Waals surface area contributed by atoms with Crippen molar-refractivity contribution in [2.75, 3.05) is 6.61 Å². The summed E-state index contributed by atoms with van der Waals surface area (Å²) in [6, 6.07) is 0. The number of unbranched alkanes of at least 4 members (excludes halogenated alkanes) is 5. The van der Waals surface area contributed by atoms with E-state index in [1.54, 1.807) is 0 Å². The van der Waals surface area contributed by atoms with Gasteiger partial charge in [0.2, 0.25) is 0 Å². The van der Waals surface area contributed by atoms with Gasteiger partial charge in [0.25, 0.3) is 0 Å². The predicted molar refractivity (Wildman–Crippen MR) is 89.7 cm³/mol. The van der Waals surface area contributed by atoms with Crippen LogP contribution in [0.15, 0.2) is 7.66 Å². The maximum Gasteiger partial charge on any atom is 0.305 e. The number of carbonyl (C=O) groups excluding carboxylic acids is 1. The molecule has 17 heavy (non-hydrogen) atoms. The van der Waals surface area contributed by atoms with Gasteiger partial charge >= 0.3 is 5.97 Å². The van der Waals surface area contributed by atoms with E-state index in [0.29, 0.717) is 13.0 Å². The van der Waals surface area contributed by atoms with E-state index in [9.17, 15) is 4.79 Å². The monoisotopic (exact) mass is 464 g/mol. The molecule has 0 radical (unpaired) electrons. The van der Waals surface area contributed by atoms with E-state index < -0.39 is 0 Å². The molecule has 4 heteroatoms. The highest BCUT2D eigenvalue weighted by Gasteiger charge is 2.00. The first-order chi connectivity index (χ1) is 8.20. The van der Waals surface area contributed by atoms with Crippen LogP contribution >= 0.6 is 45.2 Å². The number of esters is 1. The largest absolute Gasteiger partial charge is 0.466 e. The Morgan fingerprint density at radius 1 is 1.06 bits per heavy atom. The molecule has 100 valence electrons. The molecule has 0 aliphatic heterocycles. The third kappa shape index (κ3) is 12.9. The molecule has 0 saturated carbocycles. The Labute approximate surface area is 132 Å². The Balaban J connectivity index is 3.16. The van der Waals surface area contributed by atoms with Gasteiger partial charge in [-0.25, -0.2) is 0 Å². The van der Waals surface area contributed by atoms with Crippen LogP contribution in [-0.2, 0) is 9.53 Å². The molecule has 0 bridgehead atoms. The van der Waals surface area contributed by atoms with Crippen molar-refractivity contribution >= 4 is 51.2 Å². The van der Waals surface area contributed by atoms with Crippen molar-refractivity contribution in [2.45, 2.75) is 58.3 Å². The quantitative estimate of drug-likeness (QED) is 0.247. The van der Waals surface area contributed by atoms with Crippen LogP contribution in [0, 0.1) is 0 Å². The van der Waals surface area contributed by atoms with Crippen LogP contribution in [0.1, 0.15) is 58.3 Å². The van der Waals surface area contributed by atoms with E-state index in [1.807, 2.05) is 6.92 Å². The molecule has 0 amide bonds. The zero-order chi connectivity index (χ0) is 12.9. The summed E-state index contributed by atoms with van der Waals surface area (Å²) in [5, 5.41) is 0. The van der Waals surface area contributed by atoms with Gasteiger partial charge < -0.3 is 4.74 Å². The Kier molecular flexibility index (Phi) is 13.6. The van der Waals surface area contributed by atoms with Crippen LogP contribution in [0.2, 0.25) is 0 Å². The van der Waals surface area contributed by atoms with Crippen molar-refractivity contribution in [3.05, 3.63) is 7.66 Å². The summed E-state index contributed by atoms with van der Waals surface area (Å²) in [6.07, 6.45) is 9.04. The van der Waals surface area contributed by atoms with Gasteiger partial charge in [0.15, 0.2) is 0 Å². The van der Waals surface area contributed by atoms with Crippen molar-refractivity contribution in [3.63, 3.8) is 0 Å². The molecular weight excluding hydrogens is 442 g/mol. The molecule has 0 rings (SSSR count). The summed E-state index contributed by atoms with van der Waals surface area (Å²) >= 11 is 4.69. The Morgan fingerprint density at radius 2 is 1.59 bits per heavy atom. The molecule has 0 N–H and O–H groups in total. The SMILES string of the molecule is CCOC(=O)CCCCCCCCC(I)=CI. The van der Waals surface area contributed by atoms with Gasteiger partial charge in [-0.2, -0.15) is 0 Å². The second kappa shape index (κ2) is 13.1. The predicted octanol–water partition coefficient (Wildman–Crippen LogP) is 5.38. The molecule has 0 aliphatic carbocycles. The average molecular weight is 464 g/mol. The molecule has 0 heterocycles. The highest BCUT2D eigenvalue weighted by Crippen LogP contribution is 2.18. The Bertz CT molecular complexity index is 227. The third-order valence-electron chi connectivity index (χ3n) is 2.47. The maximum absolute atomic E-state index is 11.1. The van der Waals surface area contributed by atoms with Crippen LogP contribution < -0.4 is 0 Å². The fraction of sp³-hybridized carbons (Fsp3) is 0.769. The molecule has 0 spiro atoms. The Morgan fingerprint density at radius 3 is 2.12 bits per heavy atom. The number of allylic oxidation sites excluding steroid dienone is 1. The van der Waals surface area contributed by atoms with E-state index >= 15 is 0 Å². The zero-order valence-electron chi connectivity index (χ0n) is 10.5. The van der Waals surface area contributed by atoms with Crippen LogP contribution in [0.25, 0.3) is 0 Å². The van der Waals surface area contributed by atoms with Crippen LogP contribution in [-0.4, -0.2) is 12.6 Å². The summed E-state index contributed by atoms with van der Waals surface area (Å²) in [5.41, 5.74) is 0. The number of hydrogen-bond acceptors (Lipinski definition) is 2. The summed E-state index contributed by atoms with van der Waals surface area (Å²) in [6.45, 7) is 2.35. The molecule has 0 atom stereocenters. The van der Waals surface area contributed by atoms with E-state index in [-0.39, 0.29) is 5.97 Å². The zero-order valence-corrected chi connectivity index (χ0v) is 14.8. The summed E-state index contributed by atoms with van der Waals surface area (Å²) in [7, 11) is 0. The van der Waals surface area contributed by atoms with Crippen LogP contribution in [0.5, 0.6) is 0 Å². The van der Waals surface area contributed by atoms with E-state index in [1.165, 1.54) is 35.7 Å². The van der Waals surface area contributed by atoms with Crippen LogP contribution in [0.3, 0.4) is 0 Å². The topological polar surface area (TPSA) is 26.3 Å². The van der Waals surface area contributed by atoms with E-state index in [4.69, 9.17) is 4.74 Å². The lowest BCUT2D eigenvalue weighted by Crippen LogP contribution is -2.03. The minimum atomic E-state index is -0.0470. The van der Waals surface area contributed by atoms with Crippen molar-refractivity contribution in [1.82, 2.24) is 0 Å². The van der Waals surface area contributed by atoms with E-state index in [2.05, 4.69) is 49.3 Å². The normalized spacial score (nSPS) is 11.6. The molecule has 0 aliphatic rings. The van der Waals surface area contributed by atoms with Gasteiger partial charge in [0.05, 0.1) is 6.61 Å². The first-order valence-corrected chi connectivity index (χ1v) is 8.63. The first kappa shape index (κ1) is 17.7. The Hall–Kier alpha value is 0.670. The van der Waals surface area contributed by atoms with Crippen molar-refractivity contribution in [2.24, 2.45) is 0 Å². The van der Waals surface area contributed by atoms with Crippen molar-refractivity contribution in [3.8, 4) is 0 Å². The standard InChI is InChI=1S/C13H22I2O2/c1-2-17-13(16)10-8-6-4-3-5-7-9-12(15)11-14/h11H,2-10H2,1H3. The number of hydrogen-bond donors (Lipinski definition) is 0. The molecule has 0 aromatic carbocycles. The van der Waals surface area contributed by atoms with Crippen molar-refractivity contribution < 1.29 is 9.53 Å². The van der Waals surface area contributed by atoms with Gasteiger partial charge in [0, 0.05) is 6.42 Å². The smallest absolute Gasteiger partial charge is 0.305 e.